The van der Waals surface area contributed by atoms with E-state index in [9.17, 15) is 21.6 Å². The van der Waals surface area contributed by atoms with Crippen molar-refractivity contribution in [3.8, 4) is 0 Å². The summed E-state index contributed by atoms with van der Waals surface area (Å²) >= 11 is 0. The summed E-state index contributed by atoms with van der Waals surface area (Å²) in [5.41, 5.74) is 1.11. The molecule has 0 aromatic heterocycles. The third-order valence-corrected chi connectivity index (χ3v) is 5.67. The van der Waals surface area contributed by atoms with E-state index in [0.717, 1.165) is 11.6 Å². The second-order valence-electron chi connectivity index (χ2n) is 6.00. The van der Waals surface area contributed by atoms with Crippen LogP contribution in [0.15, 0.2) is 47.4 Å². The van der Waals surface area contributed by atoms with Gasteiger partial charge in [-0.2, -0.15) is 0 Å². The fourth-order valence-corrected chi connectivity index (χ4v) is 4.24. The molecule has 1 fully saturated rings. The molecule has 1 atom stereocenters. The van der Waals surface area contributed by atoms with Crippen LogP contribution in [0.5, 0.6) is 0 Å². The van der Waals surface area contributed by atoms with Crippen molar-refractivity contribution in [2.75, 3.05) is 13.1 Å². The number of sulfonamides is 1. The normalized spacial score (nSPS) is 18.6. The Kier molecular flexibility index (Phi) is 5.12. The number of nitrogens with zero attached hydrogens (tertiary/aromatic N) is 1. The number of hydrogen-bond donors (Lipinski definition) is 1. The fraction of sp³-hybridized carbons (Fsp3) is 0.294. The average Bonchev–Trinajstić information content (AvgIpc) is 2.99. The van der Waals surface area contributed by atoms with Crippen molar-refractivity contribution in [3.63, 3.8) is 0 Å². The van der Waals surface area contributed by atoms with Crippen molar-refractivity contribution in [1.82, 2.24) is 9.62 Å². The molecule has 3 rings (SSSR count). The van der Waals surface area contributed by atoms with E-state index in [0.29, 0.717) is 32.1 Å². The van der Waals surface area contributed by atoms with E-state index >= 15 is 0 Å². The van der Waals surface area contributed by atoms with E-state index in [4.69, 9.17) is 0 Å². The predicted molar refractivity (Wildman–Crippen MR) is 86.8 cm³/mol. The van der Waals surface area contributed by atoms with Gasteiger partial charge in [-0.3, -0.25) is 4.90 Å². The van der Waals surface area contributed by atoms with E-state index in [1.165, 1.54) is 0 Å². The molecule has 1 saturated heterocycles. The van der Waals surface area contributed by atoms with Crippen molar-refractivity contribution < 1.29 is 21.6 Å². The maximum Gasteiger partial charge on any atom is 0.243 e. The summed E-state index contributed by atoms with van der Waals surface area (Å²) in [5, 5.41) is 0. The Balaban J connectivity index is 1.67. The summed E-state index contributed by atoms with van der Waals surface area (Å²) < 4.78 is 66.9. The lowest BCUT2D eigenvalue weighted by Crippen LogP contribution is -2.37. The highest BCUT2D eigenvalue weighted by molar-refractivity contribution is 7.89. The van der Waals surface area contributed by atoms with Gasteiger partial charge in [-0.05, 0) is 24.1 Å². The Morgan fingerprint density at radius 1 is 1.04 bits per heavy atom. The maximum atomic E-state index is 13.8. The minimum Gasteiger partial charge on any atom is -0.297 e. The molecule has 0 saturated carbocycles. The second-order valence-corrected chi connectivity index (χ2v) is 7.68. The van der Waals surface area contributed by atoms with Gasteiger partial charge in [0.1, 0.15) is 4.90 Å². The van der Waals surface area contributed by atoms with Crippen LogP contribution in [0.25, 0.3) is 0 Å². The lowest BCUT2D eigenvalue weighted by molar-refractivity contribution is 0.324. The van der Waals surface area contributed by atoms with Crippen molar-refractivity contribution in [1.29, 1.82) is 0 Å². The number of hydrogen-bond acceptors (Lipinski definition) is 3. The van der Waals surface area contributed by atoms with E-state index < -0.39 is 38.4 Å². The Morgan fingerprint density at radius 3 is 2.48 bits per heavy atom. The van der Waals surface area contributed by atoms with Gasteiger partial charge in [0.25, 0.3) is 0 Å². The minimum atomic E-state index is -4.27. The number of nitrogens with one attached hydrogen (secondary N) is 1. The third-order valence-electron chi connectivity index (χ3n) is 4.13. The number of benzene rings is 2. The standard InChI is InChI=1S/C17H17F3N2O2S/c18-14-6-7-15(17(20)16(14)19)25(23,24)21-13-8-9-22(11-13)10-12-4-2-1-3-5-12/h1-7,13,21H,8-11H2. The van der Waals surface area contributed by atoms with Gasteiger partial charge >= 0.3 is 0 Å². The Hall–Kier alpha value is -1.90. The molecule has 1 unspecified atom stereocenters. The van der Waals surface area contributed by atoms with Crippen LogP contribution in [0.2, 0.25) is 0 Å². The predicted octanol–water partition coefficient (Wildman–Crippen LogP) is 2.66. The van der Waals surface area contributed by atoms with Gasteiger partial charge in [0.05, 0.1) is 0 Å². The van der Waals surface area contributed by atoms with Crippen LogP contribution in [-0.2, 0) is 16.6 Å². The molecule has 25 heavy (non-hydrogen) atoms. The summed E-state index contributed by atoms with van der Waals surface area (Å²) in [6.07, 6.45) is 0.553. The van der Waals surface area contributed by atoms with Crippen LogP contribution in [0, 0.1) is 17.5 Å². The summed E-state index contributed by atoms with van der Waals surface area (Å²) in [7, 11) is -4.27. The molecule has 2 aromatic carbocycles. The summed E-state index contributed by atoms with van der Waals surface area (Å²) in [4.78, 5) is 1.19. The number of halogens is 3. The zero-order valence-electron chi connectivity index (χ0n) is 13.3. The number of likely N-dealkylation sites (tertiary alicyclic amines) is 1. The zero-order valence-corrected chi connectivity index (χ0v) is 14.1. The molecule has 134 valence electrons. The van der Waals surface area contributed by atoms with Crippen LogP contribution < -0.4 is 4.72 Å². The Morgan fingerprint density at radius 2 is 1.76 bits per heavy atom. The quantitative estimate of drug-likeness (QED) is 0.824. The highest BCUT2D eigenvalue weighted by atomic mass is 32.2. The first-order valence-electron chi connectivity index (χ1n) is 7.79. The second kappa shape index (κ2) is 7.15. The maximum absolute atomic E-state index is 13.8. The molecule has 8 heteroatoms. The van der Waals surface area contributed by atoms with Crippen LogP contribution in [0.1, 0.15) is 12.0 Å². The van der Waals surface area contributed by atoms with Gasteiger partial charge in [-0.25, -0.2) is 26.3 Å². The number of rotatable bonds is 5. The molecular weight excluding hydrogens is 353 g/mol. The summed E-state index contributed by atoms with van der Waals surface area (Å²) in [5.74, 6) is -4.92. The van der Waals surface area contributed by atoms with Crippen molar-refractivity contribution in [2.24, 2.45) is 0 Å². The van der Waals surface area contributed by atoms with E-state index in [-0.39, 0.29) is 0 Å². The van der Waals surface area contributed by atoms with E-state index in [1.807, 2.05) is 30.3 Å². The van der Waals surface area contributed by atoms with Crippen LogP contribution >= 0.6 is 0 Å². The lowest BCUT2D eigenvalue weighted by atomic mass is 10.2. The Labute approximate surface area is 144 Å². The highest BCUT2D eigenvalue weighted by Gasteiger charge is 2.30. The zero-order chi connectivity index (χ0) is 18.0. The lowest BCUT2D eigenvalue weighted by Gasteiger charge is -2.17. The molecule has 1 N–H and O–H groups in total. The van der Waals surface area contributed by atoms with Gasteiger partial charge in [0.2, 0.25) is 10.0 Å². The minimum absolute atomic E-state index is 0.416. The average molecular weight is 370 g/mol. The molecule has 1 aliphatic heterocycles. The van der Waals surface area contributed by atoms with Gasteiger partial charge in [0.15, 0.2) is 17.5 Å². The van der Waals surface area contributed by atoms with Crippen LogP contribution in [0.3, 0.4) is 0 Å². The first kappa shape index (κ1) is 17.9. The van der Waals surface area contributed by atoms with Crippen molar-refractivity contribution >= 4 is 10.0 Å². The molecular formula is C17H17F3N2O2S. The smallest absolute Gasteiger partial charge is 0.243 e. The van der Waals surface area contributed by atoms with Gasteiger partial charge in [-0.15, -0.1) is 0 Å². The summed E-state index contributed by atoms with van der Waals surface area (Å²) in [6.45, 7) is 1.82. The molecule has 1 aliphatic rings. The monoisotopic (exact) mass is 370 g/mol. The van der Waals surface area contributed by atoms with Crippen molar-refractivity contribution in [2.45, 2.75) is 23.9 Å². The third kappa shape index (κ3) is 4.02. The first-order valence-corrected chi connectivity index (χ1v) is 9.27. The molecule has 2 aromatic rings. The topological polar surface area (TPSA) is 49.4 Å². The first-order chi connectivity index (χ1) is 11.9. The molecule has 0 amide bonds. The van der Waals surface area contributed by atoms with Crippen LogP contribution in [0.4, 0.5) is 13.2 Å². The largest absolute Gasteiger partial charge is 0.297 e. The van der Waals surface area contributed by atoms with Gasteiger partial charge < -0.3 is 0 Å². The van der Waals surface area contributed by atoms with Gasteiger partial charge in [0, 0.05) is 25.7 Å². The molecule has 1 heterocycles. The molecule has 0 radical (unpaired) electrons. The molecule has 0 bridgehead atoms. The van der Waals surface area contributed by atoms with Crippen molar-refractivity contribution in [3.05, 3.63) is 65.5 Å². The highest BCUT2D eigenvalue weighted by Crippen LogP contribution is 2.21. The van der Waals surface area contributed by atoms with E-state index in [2.05, 4.69) is 9.62 Å². The summed E-state index contributed by atoms with van der Waals surface area (Å²) in [6, 6.07) is 10.6. The Bertz CT molecular complexity index is 860. The van der Waals surface area contributed by atoms with Gasteiger partial charge in [-0.1, -0.05) is 30.3 Å². The molecule has 0 aliphatic carbocycles. The fourth-order valence-electron chi connectivity index (χ4n) is 2.91. The van der Waals surface area contributed by atoms with Crippen LogP contribution in [-0.4, -0.2) is 32.4 Å². The molecule has 0 spiro atoms. The van der Waals surface area contributed by atoms with E-state index in [1.54, 1.807) is 0 Å². The molecule has 4 nitrogen and oxygen atoms in total. The SMILES string of the molecule is O=S(=O)(NC1CCN(Cc2ccccc2)C1)c1ccc(F)c(F)c1F.